The Labute approximate surface area is 158 Å². The molecule has 2 aromatic heterocycles. The van der Waals surface area contributed by atoms with Crippen molar-refractivity contribution in [3.8, 4) is 5.88 Å². The van der Waals surface area contributed by atoms with Crippen molar-refractivity contribution in [1.82, 2.24) is 19.9 Å². The molecule has 0 atom stereocenters. The summed E-state index contributed by atoms with van der Waals surface area (Å²) < 4.78 is 35.3. The highest BCUT2D eigenvalue weighted by atomic mass is 19.3. The smallest absolute Gasteiger partial charge is 0.326 e. The zero-order valence-corrected chi connectivity index (χ0v) is 15.0. The second-order valence-corrected chi connectivity index (χ2v) is 6.72. The average Bonchev–Trinajstić information content (AvgIpc) is 3.47. The highest BCUT2D eigenvalue weighted by molar-refractivity contribution is 5.97. The third kappa shape index (κ3) is 3.35. The SMILES string of the molecule is COc1cccc(C(F)(F)CNC(=O)c2ccc3c(c2)[nH]c(=O)n3C2CC2)n1. The van der Waals surface area contributed by atoms with Gasteiger partial charge in [-0.25, -0.2) is 9.78 Å². The van der Waals surface area contributed by atoms with E-state index in [9.17, 15) is 18.4 Å². The largest absolute Gasteiger partial charge is 0.481 e. The van der Waals surface area contributed by atoms with Crippen LogP contribution in [0.4, 0.5) is 8.78 Å². The van der Waals surface area contributed by atoms with Gasteiger partial charge < -0.3 is 15.0 Å². The van der Waals surface area contributed by atoms with Crippen LogP contribution < -0.4 is 15.7 Å². The lowest BCUT2D eigenvalue weighted by Gasteiger charge is -2.17. The number of fused-ring (bicyclic) bond motifs is 1. The van der Waals surface area contributed by atoms with Crippen LogP contribution in [0.1, 0.15) is 34.9 Å². The summed E-state index contributed by atoms with van der Waals surface area (Å²) in [7, 11) is 1.34. The van der Waals surface area contributed by atoms with Gasteiger partial charge in [0.05, 0.1) is 24.7 Å². The normalized spacial score (nSPS) is 14.2. The topological polar surface area (TPSA) is 89.0 Å². The average molecular weight is 388 g/mol. The molecule has 1 aliphatic carbocycles. The number of nitrogens with zero attached hydrogens (tertiary/aromatic N) is 2. The van der Waals surface area contributed by atoms with E-state index in [4.69, 9.17) is 4.74 Å². The second-order valence-electron chi connectivity index (χ2n) is 6.72. The number of H-pyrrole nitrogens is 1. The van der Waals surface area contributed by atoms with Crippen molar-refractivity contribution in [2.45, 2.75) is 24.8 Å². The van der Waals surface area contributed by atoms with E-state index in [-0.39, 0.29) is 23.2 Å². The van der Waals surface area contributed by atoms with Gasteiger partial charge in [-0.15, -0.1) is 0 Å². The quantitative estimate of drug-likeness (QED) is 0.679. The molecule has 1 fully saturated rings. The lowest BCUT2D eigenvalue weighted by atomic mass is 10.1. The van der Waals surface area contributed by atoms with E-state index in [2.05, 4.69) is 15.3 Å². The number of carbonyl (C=O) groups is 1. The van der Waals surface area contributed by atoms with Gasteiger partial charge in [0.2, 0.25) is 5.88 Å². The van der Waals surface area contributed by atoms with Crippen LogP contribution >= 0.6 is 0 Å². The summed E-state index contributed by atoms with van der Waals surface area (Å²) in [4.78, 5) is 30.8. The molecule has 0 unspecified atom stereocenters. The maximum atomic E-state index is 14.4. The molecule has 3 aromatic rings. The maximum Gasteiger partial charge on any atom is 0.326 e. The Kier molecular flexibility index (Phi) is 4.37. The predicted octanol–water partition coefficient (Wildman–Crippen LogP) is 2.59. The number of hydrogen-bond donors (Lipinski definition) is 2. The van der Waals surface area contributed by atoms with Crippen LogP contribution in [0.2, 0.25) is 0 Å². The molecule has 1 aromatic carbocycles. The first-order chi connectivity index (χ1) is 13.4. The minimum absolute atomic E-state index is 0.0677. The van der Waals surface area contributed by atoms with Crippen LogP contribution in [-0.2, 0) is 5.92 Å². The van der Waals surface area contributed by atoms with Gasteiger partial charge in [0, 0.05) is 17.7 Å². The third-order valence-corrected chi connectivity index (χ3v) is 4.67. The Morgan fingerprint density at radius 2 is 2.14 bits per heavy atom. The summed E-state index contributed by atoms with van der Waals surface area (Å²) in [6.45, 7) is -0.913. The summed E-state index contributed by atoms with van der Waals surface area (Å²) in [5, 5.41) is 2.23. The number of hydrogen-bond acceptors (Lipinski definition) is 4. The van der Waals surface area contributed by atoms with Crippen LogP contribution in [-0.4, -0.2) is 34.1 Å². The highest BCUT2D eigenvalue weighted by Crippen LogP contribution is 2.35. The van der Waals surface area contributed by atoms with Gasteiger partial charge >= 0.3 is 11.6 Å². The maximum absolute atomic E-state index is 14.4. The van der Waals surface area contributed by atoms with Gasteiger partial charge in [-0.3, -0.25) is 9.36 Å². The molecule has 4 rings (SSSR count). The first-order valence-electron chi connectivity index (χ1n) is 8.81. The minimum atomic E-state index is -3.36. The number of nitrogens with one attached hydrogen (secondary N) is 2. The lowest BCUT2D eigenvalue weighted by molar-refractivity contribution is -0.00719. The summed E-state index contributed by atoms with van der Waals surface area (Å²) in [5.74, 6) is -3.96. The van der Waals surface area contributed by atoms with Crippen LogP contribution in [0, 0.1) is 0 Å². The fraction of sp³-hybridized carbons (Fsp3) is 0.316. The summed E-state index contributed by atoms with van der Waals surface area (Å²) >= 11 is 0. The Bertz CT molecular complexity index is 1100. The van der Waals surface area contributed by atoms with Gasteiger partial charge in [0.25, 0.3) is 5.91 Å². The van der Waals surface area contributed by atoms with Crippen LogP contribution in [0.25, 0.3) is 11.0 Å². The Hall–Kier alpha value is -3.23. The molecule has 0 saturated heterocycles. The number of ether oxygens (including phenoxy) is 1. The minimum Gasteiger partial charge on any atom is -0.481 e. The Morgan fingerprint density at radius 3 is 2.86 bits per heavy atom. The third-order valence-electron chi connectivity index (χ3n) is 4.67. The molecular formula is C19H18F2N4O3. The highest BCUT2D eigenvalue weighted by Gasteiger charge is 2.34. The molecule has 146 valence electrons. The molecular weight excluding hydrogens is 370 g/mol. The van der Waals surface area contributed by atoms with Crippen LogP contribution in [0.5, 0.6) is 5.88 Å². The molecule has 0 spiro atoms. The molecule has 2 N–H and O–H groups in total. The summed E-state index contributed by atoms with van der Waals surface area (Å²) in [5.41, 5.74) is 0.672. The first kappa shape index (κ1) is 18.1. The van der Waals surface area contributed by atoms with E-state index in [1.807, 2.05) is 0 Å². The molecule has 0 radical (unpaired) electrons. The van der Waals surface area contributed by atoms with Gasteiger partial charge in [0.1, 0.15) is 5.69 Å². The zero-order valence-electron chi connectivity index (χ0n) is 15.0. The molecule has 1 saturated carbocycles. The second kappa shape index (κ2) is 6.74. The molecule has 2 heterocycles. The standard InChI is InChI=1S/C19H18F2N4O3/c1-28-16-4-2-3-15(24-16)19(20,21)10-22-17(26)11-5-8-14-13(9-11)23-18(27)25(14)12-6-7-12/h2-5,8-9,12H,6-7,10H2,1H3,(H,22,26)(H,23,27). The number of halogens is 2. The predicted molar refractivity (Wildman–Crippen MR) is 97.8 cm³/mol. The summed E-state index contributed by atoms with van der Waals surface area (Å²) in [6, 6.07) is 8.90. The van der Waals surface area contributed by atoms with Crippen molar-refractivity contribution in [3.63, 3.8) is 0 Å². The first-order valence-corrected chi connectivity index (χ1v) is 8.81. The van der Waals surface area contributed by atoms with Crippen molar-refractivity contribution >= 4 is 16.9 Å². The number of methoxy groups -OCH3 is 1. The number of aromatic amines is 1. The van der Waals surface area contributed by atoms with E-state index >= 15 is 0 Å². The zero-order chi connectivity index (χ0) is 19.9. The van der Waals surface area contributed by atoms with Gasteiger partial charge in [0.15, 0.2) is 0 Å². The lowest BCUT2D eigenvalue weighted by Crippen LogP contribution is -2.35. The van der Waals surface area contributed by atoms with Crippen molar-refractivity contribution in [2.24, 2.45) is 0 Å². The monoisotopic (exact) mass is 388 g/mol. The van der Waals surface area contributed by atoms with E-state index in [1.165, 1.54) is 37.4 Å². The Balaban J connectivity index is 1.51. The van der Waals surface area contributed by atoms with Gasteiger partial charge in [-0.1, -0.05) is 6.07 Å². The van der Waals surface area contributed by atoms with Crippen molar-refractivity contribution in [1.29, 1.82) is 0 Å². The van der Waals surface area contributed by atoms with E-state index in [0.717, 1.165) is 12.8 Å². The number of imidazole rings is 1. The van der Waals surface area contributed by atoms with Gasteiger partial charge in [-0.05, 0) is 37.1 Å². The molecule has 9 heteroatoms. The van der Waals surface area contributed by atoms with Crippen LogP contribution in [0.3, 0.4) is 0 Å². The number of benzene rings is 1. The van der Waals surface area contributed by atoms with E-state index in [0.29, 0.717) is 11.0 Å². The number of amides is 1. The van der Waals surface area contributed by atoms with E-state index in [1.54, 1.807) is 10.6 Å². The molecule has 28 heavy (non-hydrogen) atoms. The molecule has 0 bridgehead atoms. The molecule has 0 aliphatic heterocycles. The number of rotatable bonds is 6. The fourth-order valence-electron chi connectivity index (χ4n) is 3.08. The number of carbonyl (C=O) groups excluding carboxylic acids is 1. The number of alkyl halides is 2. The number of aromatic nitrogens is 3. The molecule has 1 amide bonds. The summed E-state index contributed by atoms with van der Waals surface area (Å²) in [6.07, 6.45) is 1.89. The Morgan fingerprint density at radius 1 is 1.36 bits per heavy atom. The van der Waals surface area contributed by atoms with Crippen molar-refractivity contribution in [3.05, 3.63) is 58.1 Å². The van der Waals surface area contributed by atoms with Crippen molar-refractivity contribution in [2.75, 3.05) is 13.7 Å². The van der Waals surface area contributed by atoms with Crippen molar-refractivity contribution < 1.29 is 18.3 Å². The fourth-order valence-corrected chi connectivity index (χ4v) is 3.08. The van der Waals surface area contributed by atoms with Crippen LogP contribution in [0.15, 0.2) is 41.2 Å². The van der Waals surface area contributed by atoms with Gasteiger partial charge in [-0.2, -0.15) is 8.78 Å². The van der Waals surface area contributed by atoms with E-state index < -0.39 is 24.1 Å². The number of pyridine rings is 1. The molecule has 1 aliphatic rings. The molecule has 7 nitrogen and oxygen atoms in total.